The molecule has 4 nitrogen and oxygen atoms in total. The molecule has 2 aliphatic rings. The van der Waals surface area contributed by atoms with E-state index in [1.807, 2.05) is 6.07 Å². The monoisotopic (exact) mass is 1020 g/mol. The Morgan fingerprint density at radius 2 is 0.897 bits per heavy atom. The van der Waals surface area contributed by atoms with Gasteiger partial charge in [0, 0.05) is 62.0 Å². The lowest BCUT2D eigenvalue weighted by Crippen LogP contribution is -2.75. The molecule has 0 atom stereocenters. The van der Waals surface area contributed by atoms with Crippen LogP contribution in [0.2, 0.25) is 0 Å². The summed E-state index contributed by atoms with van der Waals surface area (Å²) in [4.78, 5) is 7.58. The lowest BCUT2D eigenvalue weighted by Gasteiger charge is -2.46. The molecule has 0 bridgehead atoms. The molecule has 0 spiro atoms. The maximum absolute atomic E-state index is 6.43. The maximum atomic E-state index is 6.43. The van der Waals surface area contributed by atoms with Crippen LogP contribution in [0.3, 0.4) is 0 Å². The standard InChI is InChI=1S/C72H58BN3OSi/c1-49-30-35-54(36-31-49)75-65-42-32-50(2)44-64(65)73-63-41-39-56(74(53-37-33-51(34-38-53)72(3,4)5)55-40-43-70-62(45-55)61-28-18-19-29-69(61)77-70)46-66(63)76(52-20-10-6-11-21-52)68-48-60(47-67(75)71(68)73)78(57-22-12-7-13-23-57,58-24-14-8-15-25-58)59-26-16-9-17-27-59/h6-48H,1-5H3. The number of rotatable bonds is 9. The zero-order valence-corrected chi connectivity index (χ0v) is 45.7. The Hall–Kier alpha value is -9.10. The number of para-hydroxylation sites is 2. The number of anilines is 9. The first-order chi connectivity index (χ1) is 38.1. The number of aryl methyl sites for hydroxylation is 2. The first-order valence-electron chi connectivity index (χ1n) is 27.3. The van der Waals surface area contributed by atoms with Crippen LogP contribution in [0.1, 0.15) is 37.5 Å². The molecule has 0 saturated carbocycles. The molecule has 0 radical (unpaired) electrons. The SMILES string of the molecule is Cc1ccc(N2c3ccc(C)cc3B3c4ccc(N(c5ccc(C(C)(C)C)cc5)c5ccc6oc7ccccc7c6c5)cc4N(c4ccccc4)c4cc([Si](c5ccccc5)(c5ccccc5)c5ccccc5)cc2c43)cc1. The molecule has 374 valence electrons. The van der Waals surface area contributed by atoms with Gasteiger partial charge in [0.05, 0.1) is 0 Å². The van der Waals surface area contributed by atoms with Crippen LogP contribution in [0.25, 0.3) is 21.9 Å². The Kier molecular flexibility index (Phi) is 11.3. The Bertz CT molecular complexity index is 4120. The van der Waals surface area contributed by atoms with Gasteiger partial charge in [-0.1, -0.05) is 202 Å². The fourth-order valence-electron chi connectivity index (χ4n) is 12.8. The normalized spacial score (nSPS) is 12.9. The summed E-state index contributed by atoms with van der Waals surface area (Å²) in [6.45, 7) is 11.2. The zero-order chi connectivity index (χ0) is 52.7. The molecule has 0 amide bonds. The molecule has 78 heavy (non-hydrogen) atoms. The average molecular weight is 1020 g/mol. The minimum Gasteiger partial charge on any atom is -0.456 e. The largest absolute Gasteiger partial charge is 0.456 e. The van der Waals surface area contributed by atoms with Gasteiger partial charge in [-0.25, -0.2) is 0 Å². The summed E-state index contributed by atoms with van der Waals surface area (Å²) in [6.07, 6.45) is 0. The van der Waals surface area contributed by atoms with Crippen LogP contribution in [-0.4, -0.2) is 14.8 Å². The second kappa shape index (κ2) is 18.6. The van der Waals surface area contributed by atoms with Gasteiger partial charge in [-0.3, -0.25) is 0 Å². The summed E-state index contributed by atoms with van der Waals surface area (Å²) in [5.41, 5.74) is 19.5. The van der Waals surface area contributed by atoms with Gasteiger partial charge in [0.25, 0.3) is 6.71 Å². The predicted molar refractivity (Wildman–Crippen MR) is 334 cm³/mol. The maximum Gasteiger partial charge on any atom is 0.252 e. The number of hydrogen-bond donors (Lipinski definition) is 0. The van der Waals surface area contributed by atoms with Crippen LogP contribution < -0.4 is 51.8 Å². The van der Waals surface area contributed by atoms with Crippen molar-refractivity contribution in [3.05, 3.63) is 278 Å². The molecule has 2 aliphatic heterocycles. The highest BCUT2D eigenvalue weighted by atomic mass is 28.3. The molecule has 0 unspecified atom stereocenters. The molecule has 6 heteroatoms. The van der Waals surface area contributed by atoms with E-state index in [0.717, 1.165) is 56.1 Å². The second-order valence-corrected chi connectivity index (χ2v) is 26.1. The van der Waals surface area contributed by atoms with Gasteiger partial charge < -0.3 is 19.1 Å². The van der Waals surface area contributed by atoms with Crippen LogP contribution in [0.15, 0.2) is 265 Å². The zero-order valence-electron chi connectivity index (χ0n) is 44.7. The summed E-state index contributed by atoms with van der Waals surface area (Å²) >= 11 is 0. The number of fused-ring (bicyclic) bond motifs is 7. The van der Waals surface area contributed by atoms with Crippen molar-refractivity contribution < 1.29 is 4.42 Å². The Balaban J connectivity index is 1.09. The second-order valence-electron chi connectivity index (χ2n) is 22.3. The molecule has 14 rings (SSSR count). The van der Waals surface area contributed by atoms with Gasteiger partial charge in [0.15, 0.2) is 8.07 Å². The lowest BCUT2D eigenvalue weighted by molar-refractivity contribution is 0.590. The molecule has 1 aromatic heterocycles. The van der Waals surface area contributed by atoms with Gasteiger partial charge in [0.2, 0.25) is 0 Å². The molecule has 0 aliphatic carbocycles. The molecule has 0 fully saturated rings. The van der Waals surface area contributed by atoms with Crippen LogP contribution >= 0.6 is 0 Å². The van der Waals surface area contributed by atoms with Crippen molar-refractivity contribution in [1.29, 1.82) is 0 Å². The van der Waals surface area contributed by atoms with E-state index in [1.54, 1.807) is 0 Å². The van der Waals surface area contributed by atoms with Gasteiger partial charge in [0.1, 0.15) is 11.2 Å². The van der Waals surface area contributed by atoms with E-state index in [-0.39, 0.29) is 12.1 Å². The summed E-state index contributed by atoms with van der Waals surface area (Å²) in [5, 5.41) is 7.51. The number of benzene rings is 11. The molecular formula is C72H58BN3OSi. The highest BCUT2D eigenvalue weighted by Crippen LogP contribution is 2.47. The fraction of sp³-hybridized carbons (Fsp3) is 0.0833. The van der Waals surface area contributed by atoms with E-state index in [4.69, 9.17) is 4.42 Å². The summed E-state index contributed by atoms with van der Waals surface area (Å²) in [6, 6.07) is 98.0. The predicted octanol–water partition coefficient (Wildman–Crippen LogP) is 14.4. The quantitative estimate of drug-likeness (QED) is 0.106. The van der Waals surface area contributed by atoms with Gasteiger partial charge in [-0.2, -0.15) is 0 Å². The molecule has 0 saturated heterocycles. The highest BCUT2D eigenvalue weighted by Gasteiger charge is 2.48. The fourth-order valence-corrected chi connectivity index (χ4v) is 17.5. The minimum atomic E-state index is -3.11. The topological polar surface area (TPSA) is 22.9 Å². The minimum absolute atomic E-state index is 0.00324. The Morgan fingerprint density at radius 3 is 1.53 bits per heavy atom. The van der Waals surface area contributed by atoms with Crippen molar-refractivity contribution in [3.63, 3.8) is 0 Å². The number of nitrogens with zero attached hydrogens (tertiary/aromatic N) is 3. The average Bonchev–Trinajstić information content (AvgIpc) is 3.83. The van der Waals surface area contributed by atoms with E-state index in [9.17, 15) is 0 Å². The molecule has 3 heterocycles. The summed E-state index contributed by atoms with van der Waals surface area (Å²) in [5.74, 6) is 0. The smallest absolute Gasteiger partial charge is 0.252 e. The van der Waals surface area contributed by atoms with E-state index >= 15 is 0 Å². The number of hydrogen-bond acceptors (Lipinski definition) is 4. The van der Waals surface area contributed by atoms with E-state index in [2.05, 4.69) is 304 Å². The van der Waals surface area contributed by atoms with Crippen molar-refractivity contribution in [2.24, 2.45) is 0 Å². The summed E-state index contributed by atoms with van der Waals surface area (Å²) in [7, 11) is -3.11. The van der Waals surface area contributed by atoms with Crippen LogP contribution in [-0.2, 0) is 5.41 Å². The van der Waals surface area contributed by atoms with Crippen molar-refractivity contribution >= 4 is 125 Å². The molecule has 11 aromatic carbocycles. The first-order valence-corrected chi connectivity index (χ1v) is 29.3. The third-order valence-corrected chi connectivity index (χ3v) is 21.2. The third-order valence-electron chi connectivity index (χ3n) is 16.4. The number of furan rings is 1. The van der Waals surface area contributed by atoms with Gasteiger partial charge in [-0.05, 0) is 153 Å². The molecular weight excluding hydrogens is 962 g/mol. The highest BCUT2D eigenvalue weighted by molar-refractivity contribution is 7.20. The van der Waals surface area contributed by atoms with Crippen LogP contribution in [0.5, 0.6) is 0 Å². The van der Waals surface area contributed by atoms with Gasteiger partial charge in [-0.15, -0.1) is 0 Å². The van der Waals surface area contributed by atoms with Crippen molar-refractivity contribution in [2.45, 2.75) is 40.0 Å². The van der Waals surface area contributed by atoms with Gasteiger partial charge >= 0.3 is 0 Å². The van der Waals surface area contributed by atoms with Crippen LogP contribution in [0, 0.1) is 13.8 Å². The molecule has 12 aromatic rings. The van der Waals surface area contributed by atoms with E-state index in [0.29, 0.717) is 0 Å². The van der Waals surface area contributed by atoms with E-state index in [1.165, 1.54) is 70.9 Å². The van der Waals surface area contributed by atoms with Crippen LogP contribution in [0.4, 0.5) is 51.2 Å². The van der Waals surface area contributed by atoms with Crippen molar-refractivity contribution in [2.75, 3.05) is 14.7 Å². The molecule has 0 N–H and O–H groups in total. The lowest BCUT2D eigenvalue weighted by atomic mass is 9.33. The first kappa shape index (κ1) is 47.4. The van der Waals surface area contributed by atoms with E-state index < -0.39 is 8.07 Å². The summed E-state index contributed by atoms with van der Waals surface area (Å²) < 4.78 is 6.43. The third kappa shape index (κ3) is 7.65. The Morgan fingerprint density at radius 1 is 0.385 bits per heavy atom. The van der Waals surface area contributed by atoms with Crippen molar-refractivity contribution in [1.82, 2.24) is 0 Å². The van der Waals surface area contributed by atoms with Crippen molar-refractivity contribution in [3.8, 4) is 0 Å². The Labute approximate surface area is 459 Å².